The predicted molar refractivity (Wildman–Crippen MR) is 123 cm³/mol. The van der Waals surface area contributed by atoms with Crippen LogP contribution in [0.25, 0.3) is 0 Å². The SMILES string of the molecule is CCNC(=O)[C@H](CNCc1ccc(C)cc1C)NC(=O)CCC(=O)c1cccc(C(F)(F)F)c1. The van der Waals surface area contributed by atoms with Gasteiger partial charge in [0.15, 0.2) is 5.78 Å². The molecule has 0 heterocycles. The quantitative estimate of drug-likeness (QED) is 0.431. The largest absolute Gasteiger partial charge is 0.416 e. The smallest absolute Gasteiger partial charge is 0.355 e. The van der Waals surface area contributed by atoms with Gasteiger partial charge in [0.2, 0.25) is 11.8 Å². The maximum absolute atomic E-state index is 12.9. The summed E-state index contributed by atoms with van der Waals surface area (Å²) < 4.78 is 38.6. The summed E-state index contributed by atoms with van der Waals surface area (Å²) in [5.74, 6) is -1.48. The number of aryl methyl sites for hydroxylation is 2. The number of carbonyl (C=O) groups is 3. The van der Waals surface area contributed by atoms with E-state index in [1.54, 1.807) is 6.92 Å². The lowest BCUT2D eigenvalue weighted by Gasteiger charge is -2.19. The first-order valence-electron chi connectivity index (χ1n) is 11.1. The van der Waals surface area contributed by atoms with E-state index in [9.17, 15) is 27.6 Å². The van der Waals surface area contributed by atoms with Crippen molar-refractivity contribution in [2.24, 2.45) is 0 Å². The van der Waals surface area contributed by atoms with Gasteiger partial charge in [-0.25, -0.2) is 0 Å². The van der Waals surface area contributed by atoms with Crippen LogP contribution in [0.1, 0.15) is 52.4 Å². The van der Waals surface area contributed by atoms with Crippen molar-refractivity contribution in [1.82, 2.24) is 16.0 Å². The molecule has 2 rings (SSSR count). The second-order valence-corrected chi connectivity index (χ2v) is 8.08. The number of Topliss-reactive ketones (excluding diaryl/α,β-unsaturated/α-hetero) is 1. The summed E-state index contributed by atoms with van der Waals surface area (Å²) in [6, 6.07) is 9.28. The summed E-state index contributed by atoms with van der Waals surface area (Å²) in [7, 11) is 0. The molecule has 2 amide bonds. The Morgan fingerprint density at radius 3 is 2.38 bits per heavy atom. The molecular weight excluding hydrogens is 447 g/mol. The molecule has 3 N–H and O–H groups in total. The van der Waals surface area contributed by atoms with Crippen molar-refractivity contribution in [1.29, 1.82) is 0 Å². The van der Waals surface area contributed by atoms with Crippen LogP contribution in [0, 0.1) is 13.8 Å². The Morgan fingerprint density at radius 1 is 1.00 bits per heavy atom. The second-order valence-electron chi connectivity index (χ2n) is 8.08. The number of amides is 2. The third-order valence-electron chi connectivity index (χ3n) is 5.26. The topological polar surface area (TPSA) is 87.3 Å². The fourth-order valence-corrected chi connectivity index (χ4v) is 3.41. The Kier molecular flexibility index (Phi) is 9.80. The molecule has 34 heavy (non-hydrogen) atoms. The first-order valence-corrected chi connectivity index (χ1v) is 11.1. The van der Waals surface area contributed by atoms with Gasteiger partial charge in [0.1, 0.15) is 6.04 Å². The van der Waals surface area contributed by atoms with Crippen molar-refractivity contribution in [3.8, 4) is 0 Å². The van der Waals surface area contributed by atoms with Gasteiger partial charge in [0.05, 0.1) is 5.56 Å². The van der Waals surface area contributed by atoms with Crippen LogP contribution in [0.3, 0.4) is 0 Å². The highest BCUT2D eigenvalue weighted by molar-refractivity contribution is 5.98. The maximum atomic E-state index is 12.9. The van der Waals surface area contributed by atoms with Crippen molar-refractivity contribution in [3.05, 3.63) is 70.3 Å². The molecule has 0 fully saturated rings. The summed E-state index contributed by atoms with van der Waals surface area (Å²) in [6.45, 7) is 6.82. The highest BCUT2D eigenvalue weighted by Crippen LogP contribution is 2.29. The van der Waals surface area contributed by atoms with E-state index >= 15 is 0 Å². The standard InChI is InChI=1S/C25H30F3N3O3/c1-4-30-24(34)21(15-29-14-19-9-8-16(2)12-17(19)3)31-23(33)11-10-22(32)18-6-5-7-20(13-18)25(26,27)28/h5-9,12-13,21,29H,4,10-11,14-15H2,1-3H3,(H,30,34)(H,31,33)/t21-/m0/s1. The first kappa shape index (κ1) is 27.0. The van der Waals surface area contributed by atoms with Crippen molar-refractivity contribution in [2.75, 3.05) is 13.1 Å². The molecule has 0 bridgehead atoms. The third kappa shape index (κ3) is 8.30. The minimum absolute atomic E-state index is 0.113. The Labute approximate surface area is 197 Å². The number of alkyl halides is 3. The second kappa shape index (κ2) is 12.3. The zero-order valence-corrected chi connectivity index (χ0v) is 19.5. The van der Waals surface area contributed by atoms with Crippen LogP contribution in [0.4, 0.5) is 13.2 Å². The number of benzene rings is 2. The molecule has 0 saturated carbocycles. The molecule has 0 aliphatic carbocycles. The number of carbonyl (C=O) groups excluding carboxylic acids is 3. The molecule has 2 aromatic carbocycles. The van der Waals surface area contributed by atoms with Crippen molar-refractivity contribution < 1.29 is 27.6 Å². The Bertz CT molecular complexity index is 1020. The monoisotopic (exact) mass is 477 g/mol. The molecule has 0 aliphatic heterocycles. The third-order valence-corrected chi connectivity index (χ3v) is 5.26. The van der Waals surface area contributed by atoms with E-state index in [0.29, 0.717) is 13.1 Å². The molecule has 1 atom stereocenters. The minimum Gasteiger partial charge on any atom is -0.355 e. The predicted octanol–water partition coefficient (Wildman–Crippen LogP) is 3.70. The summed E-state index contributed by atoms with van der Waals surface area (Å²) >= 11 is 0. The van der Waals surface area contributed by atoms with Crippen molar-refractivity contribution in [3.63, 3.8) is 0 Å². The van der Waals surface area contributed by atoms with E-state index in [0.717, 1.165) is 34.9 Å². The highest BCUT2D eigenvalue weighted by Gasteiger charge is 2.31. The molecule has 0 unspecified atom stereocenters. The number of rotatable bonds is 11. The lowest BCUT2D eigenvalue weighted by atomic mass is 10.0. The number of halogens is 3. The fourth-order valence-electron chi connectivity index (χ4n) is 3.41. The van der Waals surface area contributed by atoms with Crippen molar-refractivity contribution >= 4 is 17.6 Å². The molecular formula is C25H30F3N3O3. The highest BCUT2D eigenvalue weighted by atomic mass is 19.4. The van der Waals surface area contributed by atoms with Gasteiger partial charge in [-0.2, -0.15) is 13.2 Å². The van der Waals surface area contributed by atoms with Gasteiger partial charge >= 0.3 is 6.18 Å². The molecule has 9 heteroatoms. The van der Waals surface area contributed by atoms with Crippen LogP contribution in [-0.2, 0) is 22.3 Å². The van der Waals surface area contributed by atoms with Crippen LogP contribution < -0.4 is 16.0 Å². The lowest BCUT2D eigenvalue weighted by Crippen LogP contribution is -2.51. The van der Waals surface area contributed by atoms with Crippen LogP contribution in [-0.4, -0.2) is 36.7 Å². The van der Waals surface area contributed by atoms with Gasteiger partial charge in [-0.05, 0) is 44.0 Å². The summed E-state index contributed by atoms with van der Waals surface area (Å²) in [5.41, 5.74) is 2.29. The summed E-state index contributed by atoms with van der Waals surface area (Å²) in [6.07, 6.45) is -5.08. The fraction of sp³-hybridized carbons (Fsp3) is 0.400. The summed E-state index contributed by atoms with van der Waals surface area (Å²) in [4.78, 5) is 37.1. The van der Waals surface area contributed by atoms with Crippen LogP contribution in [0.15, 0.2) is 42.5 Å². The molecule has 2 aromatic rings. The Morgan fingerprint density at radius 2 is 1.74 bits per heavy atom. The molecule has 0 aromatic heterocycles. The number of hydrogen-bond acceptors (Lipinski definition) is 4. The molecule has 0 spiro atoms. The number of ketones is 1. The van der Waals surface area contributed by atoms with E-state index in [-0.39, 0.29) is 30.9 Å². The zero-order chi connectivity index (χ0) is 25.3. The van der Waals surface area contributed by atoms with Crippen LogP contribution in [0.5, 0.6) is 0 Å². The zero-order valence-electron chi connectivity index (χ0n) is 19.5. The Balaban J connectivity index is 1.93. The van der Waals surface area contributed by atoms with Gasteiger partial charge in [0, 0.05) is 38.0 Å². The van der Waals surface area contributed by atoms with Gasteiger partial charge in [0.25, 0.3) is 0 Å². The number of hydrogen-bond donors (Lipinski definition) is 3. The normalized spacial score (nSPS) is 12.2. The van der Waals surface area contributed by atoms with E-state index in [1.165, 1.54) is 6.07 Å². The van der Waals surface area contributed by atoms with Crippen LogP contribution >= 0.6 is 0 Å². The van der Waals surface area contributed by atoms with Gasteiger partial charge in [-0.15, -0.1) is 0 Å². The molecule has 0 saturated heterocycles. The molecule has 6 nitrogen and oxygen atoms in total. The van der Waals surface area contributed by atoms with Gasteiger partial charge in [-0.1, -0.05) is 35.9 Å². The van der Waals surface area contributed by atoms with E-state index in [1.807, 2.05) is 26.0 Å². The van der Waals surface area contributed by atoms with E-state index < -0.39 is 29.5 Å². The number of likely N-dealkylation sites (N-methyl/N-ethyl adjacent to an activating group) is 1. The molecule has 0 aliphatic rings. The first-order chi connectivity index (χ1) is 16.0. The average molecular weight is 478 g/mol. The average Bonchev–Trinajstić information content (AvgIpc) is 2.77. The van der Waals surface area contributed by atoms with E-state index in [2.05, 4.69) is 22.0 Å². The maximum Gasteiger partial charge on any atom is 0.416 e. The summed E-state index contributed by atoms with van der Waals surface area (Å²) in [5, 5.41) is 8.44. The van der Waals surface area contributed by atoms with Gasteiger partial charge in [-0.3, -0.25) is 14.4 Å². The molecule has 184 valence electrons. The Hall–Kier alpha value is -3.20. The van der Waals surface area contributed by atoms with Gasteiger partial charge < -0.3 is 16.0 Å². The van der Waals surface area contributed by atoms with E-state index in [4.69, 9.17) is 0 Å². The lowest BCUT2D eigenvalue weighted by molar-refractivity contribution is -0.137. The van der Waals surface area contributed by atoms with Crippen molar-refractivity contribution in [2.45, 2.75) is 52.4 Å². The van der Waals surface area contributed by atoms with Crippen LogP contribution in [0.2, 0.25) is 0 Å². The minimum atomic E-state index is -4.56. The number of nitrogens with one attached hydrogen (secondary N) is 3. The molecule has 0 radical (unpaired) electrons.